The smallest absolute Gasteiger partial charge is 0.262 e. The Morgan fingerprint density at radius 1 is 1.56 bits per heavy atom. The monoisotopic (exact) mass is 155 g/mol. The number of nitro groups is 1. The van der Waals surface area contributed by atoms with E-state index >= 15 is 0 Å². The topological polar surface area (TPSA) is 129 Å². The van der Waals surface area contributed by atoms with Gasteiger partial charge in [0.2, 0.25) is 0 Å². The predicted octanol–water partition coefficient (Wildman–Crippen LogP) is -2.21. The van der Waals surface area contributed by atoms with E-state index in [-0.39, 0.29) is 0 Å². The summed E-state index contributed by atoms with van der Waals surface area (Å²) < 4.78 is 20.0. The molecular weight excluding hydrogens is 150 g/mol. The maximum Gasteiger partial charge on any atom is 0.375 e. The number of nitrogens with two attached hydrogens (primary N) is 2. The molecule has 9 heavy (non-hydrogen) atoms. The van der Waals surface area contributed by atoms with Crippen LogP contribution >= 0.6 is 0 Å². The predicted molar refractivity (Wildman–Crippen MR) is 28.1 cm³/mol. The first-order valence-corrected chi connectivity index (χ1v) is 3.37. The minimum atomic E-state index is -4.22. The zero-order chi connectivity index (χ0) is 7.65. The second-order valence-electron chi connectivity index (χ2n) is 1.26. The lowest BCUT2D eigenvalue weighted by atomic mass is 11.2. The molecule has 0 aromatic rings. The molecule has 0 saturated carbocycles. The first kappa shape index (κ1) is 8.27. The molecule has 0 aromatic heterocycles. The summed E-state index contributed by atoms with van der Waals surface area (Å²) in [6.07, 6.45) is 0. The molecule has 0 bridgehead atoms. The van der Waals surface area contributed by atoms with E-state index in [0.717, 1.165) is 0 Å². The highest BCUT2D eigenvalue weighted by molar-refractivity contribution is 7.89. The SMILES string of the molecule is NC([N+](=O)[O-])S(N)(=O)=O. The van der Waals surface area contributed by atoms with Crippen LogP contribution in [0.15, 0.2) is 0 Å². The van der Waals surface area contributed by atoms with Crippen LogP contribution < -0.4 is 10.9 Å². The summed E-state index contributed by atoms with van der Waals surface area (Å²) in [5.41, 5.74) is 2.27. The number of hydrogen-bond donors (Lipinski definition) is 2. The molecule has 0 aliphatic heterocycles. The molecule has 0 aromatic carbocycles. The molecule has 54 valence electrons. The minimum absolute atomic E-state index is 1.19. The molecule has 0 heterocycles. The highest BCUT2D eigenvalue weighted by Gasteiger charge is 2.26. The van der Waals surface area contributed by atoms with E-state index in [9.17, 15) is 18.5 Å². The number of rotatable bonds is 2. The average Bonchev–Trinajstić information content (AvgIpc) is 1.62. The standard InChI is InChI=1S/CH5N3O4S/c2-1(4(5)6)9(3,7)8/h1H,2H2,(H2,3,7,8). The van der Waals surface area contributed by atoms with Crippen molar-refractivity contribution in [3.05, 3.63) is 10.1 Å². The second kappa shape index (κ2) is 2.25. The lowest BCUT2D eigenvalue weighted by Gasteiger charge is -1.97. The largest absolute Gasteiger partial charge is 0.375 e. The fourth-order valence-corrected chi connectivity index (χ4v) is 0.360. The molecule has 7 nitrogen and oxygen atoms in total. The van der Waals surface area contributed by atoms with Gasteiger partial charge in [0.05, 0.1) is 4.92 Å². The van der Waals surface area contributed by atoms with Crippen LogP contribution in [0.3, 0.4) is 0 Å². The zero-order valence-corrected chi connectivity index (χ0v) is 5.04. The van der Waals surface area contributed by atoms with Crippen LogP contribution in [0.2, 0.25) is 0 Å². The minimum Gasteiger partial charge on any atom is -0.262 e. The molecule has 0 fully saturated rings. The summed E-state index contributed by atoms with van der Waals surface area (Å²) >= 11 is 0. The maximum atomic E-state index is 9.98. The van der Waals surface area contributed by atoms with E-state index < -0.39 is 20.4 Å². The molecule has 0 aliphatic carbocycles. The molecule has 8 heteroatoms. The van der Waals surface area contributed by atoms with Crippen LogP contribution in [0.5, 0.6) is 0 Å². The average molecular weight is 155 g/mol. The van der Waals surface area contributed by atoms with Gasteiger partial charge in [-0.3, -0.25) is 15.8 Å². The summed E-state index contributed by atoms with van der Waals surface area (Å²) in [5.74, 6) is 0. The summed E-state index contributed by atoms with van der Waals surface area (Å²) in [5, 5.41) is 13.9. The molecule has 0 rings (SSSR count). The van der Waals surface area contributed by atoms with Gasteiger partial charge in [0.1, 0.15) is 0 Å². The molecule has 1 atom stereocenters. The van der Waals surface area contributed by atoms with Crippen LogP contribution in [0.4, 0.5) is 0 Å². The van der Waals surface area contributed by atoms with E-state index in [0.29, 0.717) is 0 Å². The van der Waals surface area contributed by atoms with E-state index in [1.807, 2.05) is 0 Å². The summed E-state index contributed by atoms with van der Waals surface area (Å²) in [7, 11) is -4.22. The van der Waals surface area contributed by atoms with Crippen molar-refractivity contribution in [2.24, 2.45) is 10.9 Å². The lowest BCUT2D eigenvalue weighted by molar-refractivity contribution is -0.496. The Bertz CT molecular complexity index is 206. The van der Waals surface area contributed by atoms with Crippen molar-refractivity contribution in [1.82, 2.24) is 0 Å². The first-order valence-electron chi connectivity index (χ1n) is 1.76. The Kier molecular flexibility index (Phi) is 2.07. The van der Waals surface area contributed by atoms with Gasteiger partial charge in [-0.25, -0.2) is 13.6 Å². The third-order valence-corrected chi connectivity index (χ3v) is 1.39. The Morgan fingerprint density at radius 3 is 1.89 bits per heavy atom. The first-order chi connectivity index (χ1) is 3.85. The van der Waals surface area contributed by atoms with Gasteiger partial charge >= 0.3 is 5.50 Å². The molecule has 0 aliphatic rings. The van der Waals surface area contributed by atoms with Crippen molar-refractivity contribution >= 4 is 10.0 Å². The van der Waals surface area contributed by atoms with Gasteiger partial charge in [0.15, 0.2) is 0 Å². The van der Waals surface area contributed by atoms with Gasteiger partial charge in [-0.05, 0) is 0 Å². The molecule has 0 radical (unpaired) electrons. The molecule has 0 saturated heterocycles. The van der Waals surface area contributed by atoms with Gasteiger partial charge in [-0.15, -0.1) is 0 Å². The van der Waals surface area contributed by atoms with Gasteiger partial charge < -0.3 is 0 Å². The normalized spacial score (nSPS) is 14.9. The van der Waals surface area contributed by atoms with Gasteiger partial charge in [-0.2, -0.15) is 0 Å². The highest BCUT2D eigenvalue weighted by atomic mass is 32.2. The van der Waals surface area contributed by atoms with Crippen molar-refractivity contribution in [3.8, 4) is 0 Å². The van der Waals surface area contributed by atoms with Crippen molar-refractivity contribution in [3.63, 3.8) is 0 Å². The van der Waals surface area contributed by atoms with E-state index in [1.54, 1.807) is 0 Å². The van der Waals surface area contributed by atoms with Crippen LogP contribution in [0, 0.1) is 10.1 Å². The van der Waals surface area contributed by atoms with Crippen molar-refractivity contribution in [2.45, 2.75) is 5.50 Å². The third-order valence-electron chi connectivity index (χ3n) is 0.544. The Hall–Kier alpha value is -0.730. The van der Waals surface area contributed by atoms with Crippen LogP contribution in [0.25, 0.3) is 0 Å². The fourth-order valence-electron chi connectivity index (χ4n) is 0.120. The summed E-state index contributed by atoms with van der Waals surface area (Å²) in [6, 6.07) is 0. The molecule has 4 N–H and O–H groups in total. The molecule has 0 amide bonds. The summed E-state index contributed by atoms with van der Waals surface area (Å²) in [4.78, 5) is 8.38. The van der Waals surface area contributed by atoms with E-state index in [4.69, 9.17) is 0 Å². The number of nitrogens with zero attached hydrogens (tertiary/aromatic N) is 1. The quantitative estimate of drug-likeness (QED) is 0.265. The zero-order valence-electron chi connectivity index (χ0n) is 4.22. The second-order valence-corrected chi connectivity index (χ2v) is 2.93. The number of hydrogen-bond acceptors (Lipinski definition) is 5. The van der Waals surface area contributed by atoms with Gasteiger partial charge in [0.25, 0.3) is 10.0 Å². The van der Waals surface area contributed by atoms with Crippen LogP contribution in [0.1, 0.15) is 0 Å². The van der Waals surface area contributed by atoms with Crippen molar-refractivity contribution in [2.75, 3.05) is 0 Å². The Balaban J connectivity index is 4.43. The maximum absolute atomic E-state index is 9.98. The summed E-state index contributed by atoms with van der Waals surface area (Å²) in [6.45, 7) is 0. The van der Waals surface area contributed by atoms with Crippen molar-refractivity contribution in [1.29, 1.82) is 0 Å². The Labute approximate surface area is 50.8 Å². The lowest BCUT2D eigenvalue weighted by Crippen LogP contribution is -2.42. The highest BCUT2D eigenvalue weighted by Crippen LogP contribution is 1.85. The number of sulfonamides is 1. The van der Waals surface area contributed by atoms with Gasteiger partial charge in [0, 0.05) is 0 Å². The van der Waals surface area contributed by atoms with Crippen LogP contribution in [-0.2, 0) is 10.0 Å². The fraction of sp³-hybridized carbons (Fsp3) is 1.00. The Morgan fingerprint density at radius 2 is 1.89 bits per heavy atom. The molecule has 1 unspecified atom stereocenters. The molecule has 0 spiro atoms. The third kappa shape index (κ3) is 2.35. The van der Waals surface area contributed by atoms with Gasteiger partial charge in [-0.1, -0.05) is 0 Å². The molecular formula is CH5N3O4S. The van der Waals surface area contributed by atoms with Crippen molar-refractivity contribution < 1.29 is 13.3 Å². The van der Waals surface area contributed by atoms with E-state index in [1.165, 1.54) is 0 Å². The number of primary sulfonamides is 1. The van der Waals surface area contributed by atoms with Crippen LogP contribution in [-0.4, -0.2) is 18.8 Å². The van der Waals surface area contributed by atoms with E-state index in [2.05, 4.69) is 10.9 Å².